The summed E-state index contributed by atoms with van der Waals surface area (Å²) in [5.74, 6) is 0. The van der Waals surface area contributed by atoms with Crippen LogP contribution < -0.4 is 0 Å². The number of unbranched alkanes of at least 4 members (excludes halogenated alkanes) is 6. The van der Waals surface area contributed by atoms with Gasteiger partial charge in [-0.15, -0.1) is 0 Å². The summed E-state index contributed by atoms with van der Waals surface area (Å²) in [5.41, 5.74) is 2.37. The molecule has 1 atom stereocenters. The fourth-order valence-corrected chi connectivity index (χ4v) is 3.12. The zero-order valence-corrected chi connectivity index (χ0v) is 14.3. The molecule has 1 aromatic heterocycles. The van der Waals surface area contributed by atoms with Crippen molar-refractivity contribution in [2.45, 2.75) is 90.4 Å². The highest BCUT2D eigenvalue weighted by molar-refractivity contribution is 5.48. The fourth-order valence-electron chi connectivity index (χ4n) is 3.12. The van der Waals surface area contributed by atoms with Crippen LogP contribution in [0.15, 0.2) is 17.4 Å². The Balaban J connectivity index is 2.67. The Labute approximate surface area is 131 Å². The molecule has 1 rings (SSSR count). The zero-order chi connectivity index (χ0) is 15.6. The van der Waals surface area contributed by atoms with Gasteiger partial charge in [0, 0.05) is 5.56 Å². The van der Waals surface area contributed by atoms with Crippen LogP contribution in [0.5, 0.6) is 0 Å². The van der Waals surface area contributed by atoms with Gasteiger partial charge in [0.2, 0.25) is 0 Å². The van der Waals surface area contributed by atoms with Gasteiger partial charge in [0.1, 0.15) is 12.0 Å². The first-order chi connectivity index (χ1) is 10.2. The number of hydrogen-bond donors (Lipinski definition) is 0. The van der Waals surface area contributed by atoms with E-state index in [2.05, 4.69) is 32.5 Å². The van der Waals surface area contributed by atoms with Crippen LogP contribution in [-0.4, -0.2) is 5.16 Å². The van der Waals surface area contributed by atoms with Crippen LogP contribution in [0.4, 0.5) is 0 Å². The van der Waals surface area contributed by atoms with E-state index in [9.17, 15) is 0 Å². The molecule has 0 saturated carbocycles. The van der Waals surface area contributed by atoms with Gasteiger partial charge in [-0.2, -0.15) is 0 Å². The van der Waals surface area contributed by atoms with Crippen LogP contribution in [0.3, 0.4) is 0 Å². The molecule has 0 bridgehead atoms. The van der Waals surface area contributed by atoms with E-state index in [0.717, 1.165) is 5.69 Å². The van der Waals surface area contributed by atoms with E-state index in [1.807, 2.05) is 12.3 Å². The Hall–Kier alpha value is -1.05. The lowest BCUT2D eigenvalue weighted by Crippen LogP contribution is -2.22. The second-order valence-electron chi connectivity index (χ2n) is 6.50. The lowest BCUT2D eigenvalue weighted by atomic mass is 9.74. The minimum absolute atomic E-state index is 0.185. The van der Waals surface area contributed by atoms with Gasteiger partial charge in [-0.3, -0.25) is 0 Å². The molecule has 120 valence electrons. The summed E-state index contributed by atoms with van der Waals surface area (Å²) in [6, 6.07) is 0. The van der Waals surface area contributed by atoms with Gasteiger partial charge in [-0.1, -0.05) is 83.9 Å². The summed E-state index contributed by atoms with van der Waals surface area (Å²) in [6.45, 7) is 10.8. The second kappa shape index (κ2) is 9.81. The molecule has 0 aromatic carbocycles. The Kier molecular flexibility index (Phi) is 8.41. The summed E-state index contributed by atoms with van der Waals surface area (Å²) in [7, 11) is 0. The molecular weight excluding hydrogens is 258 g/mol. The highest BCUT2D eigenvalue weighted by atomic mass is 16.5. The van der Waals surface area contributed by atoms with E-state index >= 15 is 0 Å². The van der Waals surface area contributed by atoms with Crippen LogP contribution >= 0.6 is 0 Å². The van der Waals surface area contributed by atoms with E-state index in [1.165, 1.54) is 69.8 Å². The first kappa shape index (κ1) is 18.0. The Morgan fingerprint density at radius 1 is 1.05 bits per heavy atom. The maximum absolute atomic E-state index is 5.21. The number of rotatable bonds is 12. The predicted octanol–water partition coefficient (Wildman–Crippen LogP) is 6.52. The molecule has 2 heteroatoms. The first-order valence-corrected chi connectivity index (χ1v) is 8.75. The van der Waals surface area contributed by atoms with Crippen molar-refractivity contribution in [1.82, 2.24) is 5.16 Å². The normalized spacial score (nSPS) is 14.0. The summed E-state index contributed by atoms with van der Waals surface area (Å²) in [4.78, 5) is 0. The Morgan fingerprint density at radius 2 is 1.62 bits per heavy atom. The molecule has 1 heterocycles. The average molecular weight is 291 g/mol. The van der Waals surface area contributed by atoms with Crippen molar-refractivity contribution >= 4 is 6.08 Å². The van der Waals surface area contributed by atoms with Crippen molar-refractivity contribution in [1.29, 1.82) is 0 Å². The predicted molar refractivity (Wildman–Crippen MR) is 91.5 cm³/mol. The summed E-state index contributed by atoms with van der Waals surface area (Å²) in [6.07, 6.45) is 16.6. The van der Waals surface area contributed by atoms with Gasteiger partial charge in [0.05, 0.1) is 0 Å². The number of nitrogens with zero attached hydrogens (tertiary/aromatic N) is 1. The molecule has 21 heavy (non-hydrogen) atoms. The van der Waals surface area contributed by atoms with E-state index in [1.54, 1.807) is 0 Å². The van der Waals surface area contributed by atoms with Crippen LogP contribution in [0, 0.1) is 0 Å². The average Bonchev–Trinajstić information content (AvgIpc) is 2.96. The molecule has 1 unspecified atom stereocenters. The van der Waals surface area contributed by atoms with Crippen LogP contribution in [0.1, 0.15) is 96.2 Å². The standard InChI is InChI=1S/C19H33NO/c1-5-8-10-11-13-15-19(4,14-12-9-6-2)17-16-21-20-18(17)7-3/h7,16H,3,5-6,8-15H2,1-2,4H3. The molecule has 0 fully saturated rings. The molecule has 0 saturated heterocycles. The fraction of sp³-hybridized carbons (Fsp3) is 0.737. The SMILES string of the molecule is C=Cc1nocc1C(C)(CCCCC)CCCCCCC. The minimum atomic E-state index is 0.185. The van der Waals surface area contributed by atoms with Crippen molar-refractivity contribution in [2.24, 2.45) is 0 Å². The number of hydrogen-bond acceptors (Lipinski definition) is 2. The molecule has 2 nitrogen and oxygen atoms in total. The number of aromatic nitrogens is 1. The Bertz CT molecular complexity index is 396. The van der Waals surface area contributed by atoms with Crippen molar-refractivity contribution < 1.29 is 4.52 Å². The van der Waals surface area contributed by atoms with Crippen molar-refractivity contribution in [3.63, 3.8) is 0 Å². The lowest BCUT2D eigenvalue weighted by Gasteiger charge is -2.29. The third kappa shape index (κ3) is 5.68. The monoisotopic (exact) mass is 291 g/mol. The second-order valence-corrected chi connectivity index (χ2v) is 6.50. The van der Waals surface area contributed by atoms with Crippen LogP contribution in [0.2, 0.25) is 0 Å². The smallest absolute Gasteiger partial charge is 0.128 e. The molecular formula is C19H33NO. The van der Waals surface area contributed by atoms with E-state index in [0.29, 0.717) is 0 Å². The quantitative estimate of drug-likeness (QED) is 0.410. The molecule has 0 amide bonds. The van der Waals surface area contributed by atoms with Crippen LogP contribution in [-0.2, 0) is 5.41 Å². The Morgan fingerprint density at radius 3 is 2.24 bits per heavy atom. The zero-order valence-electron chi connectivity index (χ0n) is 14.3. The van der Waals surface area contributed by atoms with Crippen molar-refractivity contribution in [3.05, 3.63) is 24.1 Å². The summed E-state index contributed by atoms with van der Waals surface area (Å²) < 4.78 is 5.21. The highest BCUT2D eigenvalue weighted by Crippen LogP contribution is 2.37. The van der Waals surface area contributed by atoms with Gasteiger partial charge >= 0.3 is 0 Å². The molecule has 0 aliphatic rings. The van der Waals surface area contributed by atoms with Gasteiger partial charge in [-0.05, 0) is 24.3 Å². The molecule has 0 aliphatic carbocycles. The van der Waals surface area contributed by atoms with Gasteiger partial charge < -0.3 is 4.52 Å². The summed E-state index contributed by atoms with van der Waals surface area (Å²) in [5, 5.41) is 4.09. The van der Waals surface area contributed by atoms with Gasteiger partial charge in [-0.25, -0.2) is 0 Å². The molecule has 0 aliphatic heterocycles. The van der Waals surface area contributed by atoms with Gasteiger partial charge in [0.25, 0.3) is 0 Å². The first-order valence-electron chi connectivity index (χ1n) is 8.75. The topological polar surface area (TPSA) is 26.0 Å². The third-order valence-electron chi connectivity index (χ3n) is 4.61. The minimum Gasteiger partial charge on any atom is -0.364 e. The summed E-state index contributed by atoms with van der Waals surface area (Å²) >= 11 is 0. The van der Waals surface area contributed by atoms with Gasteiger partial charge in [0.15, 0.2) is 0 Å². The molecule has 1 aromatic rings. The molecule has 0 radical (unpaired) electrons. The van der Waals surface area contributed by atoms with Crippen molar-refractivity contribution in [3.8, 4) is 0 Å². The third-order valence-corrected chi connectivity index (χ3v) is 4.61. The maximum atomic E-state index is 5.21. The van der Waals surface area contributed by atoms with Crippen LogP contribution in [0.25, 0.3) is 6.08 Å². The maximum Gasteiger partial charge on any atom is 0.128 e. The van der Waals surface area contributed by atoms with E-state index in [4.69, 9.17) is 4.52 Å². The molecule has 0 spiro atoms. The highest BCUT2D eigenvalue weighted by Gasteiger charge is 2.29. The van der Waals surface area contributed by atoms with Crippen molar-refractivity contribution in [2.75, 3.05) is 0 Å². The van der Waals surface area contributed by atoms with E-state index < -0.39 is 0 Å². The van der Waals surface area contributed by atoms with E-state index in [-0.39, 0.29) is 5.41 Å². The molecule has 0 N–H and O–H groups in total. The lowest BCUT2D eigenvalue weighted by molar-refractivity contribution is 0.359. The largest absolute Gasteiger partial charge is 0.364 e.